The molecule has 6 rings (SSSR count). The third kappa shape index (κ3) is 7.63. The van der Waals surface area contributed by atoms with E-state index in [0.717, 1.165) is 33.5 Å². The minimum absolute atomic E-state index is 0.0564. The van der Waals surface area contributed by atoms with Gasteiger partial charge in [-0.05, 0) is 67.3 Å². The third-order valence-electron chi connectivity index (χ3n) is 8.51. The first-order valence-electron chi connectivity index (χ1n) is 16.3. The molecule has 0 saturated carbocycles. The molecule has 0 bridgehead atoms. The average molecular weight is 748 g/mol. The Labute approximate surface area is 300 Å². The van der Waals surface area contributed by atoms with Crippen LogP contribution in [0.15, 0.2) is 108 Å². The Morgan fingerprint density at radius 2 is 1.63 bits per heavy atom. The van der Waals surface area contributed by atoms with E-state index in [2.05, 4.69) is 5.10 Å². The summed E-state index contributed by atoms with van der Waals surface area (Å²) < 4.78 is 97.8. The van der Waals surface area contributed by atoms with E-state index in [4.69, 9.17) is 9.47 Å². The summed E-state index contributed by atoms with van der Waals surface area (Å²) in [6, 6.07) is 23.1. The van der Waals surface area contributed by atoms with E-state index in [1.807, 2.05) is 31.2 Å². The highest BCUT2D eigenvalue weighted by atomic mass is 32.2. The van der Waals surface area contributed by atoms with Gasteiger partial charge in [0.15, 0.2) is 21.4 Å². The second-order valence-corrected chi connectivity index (χ2v) is 16.0. The number of aryl methyl sites for hydroxylation is 1. The van der Waals surface area contributed by atoms with Crippen molar-refractivity contribution in [3.05, 3.63) is 132 Å². The molecule has 0 fully saturated rings. The quantitative estimate of drug-likeness (QED) is 0.112. The summed E-state index contributed by atoms with van der Waals surface area (Å²) >= 11 is 0. The van der Waals surface area contributed by atoms with Gasteiger partial charge in [0, 0.05) is 42.1 Å². The van der Waals surface area contributed by atoms with Crippen molar-refractivity contribution in [3.63, 3.8) is 0 Å². The van der Waals surface area contributed by atoms with E-state index >= 15 is 8.78 Å². The Balaban J connectivity index is 1.34. The van der Waals surface area contributed by atoms with Crippen molar-refractivity contribution in [2.45, 2.75) is 43.4 Å². The molecular formula is C38H35F2N3O7S2. The highest BCUT2D eigenvalue weighted by Crippen LogP contribution is 2.40. The van der Waals surface area contributed by atoms with Gasteiger partial charge in [0.2, 0.25) is 10.0 Å². The van der Waals surface area contributed by atoms with Gasteiger partial charge >= 0.3 is 5.97 Å². The molecule has 0 N–H and O–H groups in total. The minimum atomic E-state index is -4.21. The molecule has 52 heavy (non-hydrogen) atoms. The highest BCUT2D eigenvalue weighted by molar-refractivity contribution is 7.91. The summed E-state index contributed by atoms with van der Waals surface area (Å²) in [6.45, 7) is 3.94. The molecule has 0 aliphatic rings. The van der Waals surface area contributed by atoms with Crippen LogP contribution in [0.4, 0.5) is 8.78 Å². The van der Waals surface area contributed by atoms with Gasteiger partial charge < -0.3 is 9.47 Å². The van der Waals surface area contributed by atoms with Crippen LogP contribution in [0, 0.1) is 11.6 Å². The van der Waals surface area contributed by atoms with Gasteiger partial charge in [0.05, 0.1) is 29.6 Å². The van der Waals surface area contributed by atoms with E-state index in [9.17, 15) is 21.6 Å². The van der Waals surface area contributed by atoms with Crippen LogP contribution in [0.1, 0.15) is 43.0 Å². The van der Waals surface area contributed by atoms with E-state index in [1.54, 1.807) is 48.0 Å². The van der Waals surface area contributed by atoms with Crippen molar-refractivity contribution < 1.29 is 39.9 Å². The van der Waals surface area contributed by atoms with Crippen LogP contribution in [-0.2, 0) is 41.6 Å². The summed E-state index contributed by atoms with van der Waals surface area (Å²) in [5.41, 5.74) is 2.51. The van der Waals surface area contributed by atoms with Crippen molar-refractivity contribution in [1.82, 2.24) is 13.8 Å². The van der Waals surface area contributed by atoms with E-state index in [0.29, 0.717) is 24.3 Å². The SMILES string of the molecule is CCOC(=O)CCc1cccc(C(C)n2nccc2-c2cc(Oc3c(F)cc4c(ccn4S(=O)(=O)Cc4ccccc4)c3S(C)(=O)=O)ccc2F)c1. The number of sulfone groups is 1. The maximum Gasteiger partial charge on any atom is 0.306 e. The van der Waals surface area contributed by atoms with E-state index in [-0.39, 0.29) is 40.6 Å². The highest BCUT2D eigenvalue weighted by Gasteiger charge is 2.28. The van der Waals surface area contributed by atoms with Crippen molar-refractivity contribution in [3.8, 4) is 22.8 Å². The molecule has 6 aromatic rings. The number of hydrogen-bond acceptors (Lipinski definition) is 8. The molecular weight excluding hydrogens is 713 g/mol. The number of rotatable bonds is 13. The van der Waals surface area contributed by atoms with Crippen LogP contribution >= 0.6 is 0 Å². The first kappa shape index (κ1) is 36.5. The van der Waals surface area contributed by atoms with Crippen molar-refractivity contribution in [1.29, 1.82) is 0 Å². The summed E-state index contributed by atoms with van der Waals surface area (Å²) in [6.07, 6.45) is 4.26. The van der Waals surface area contributed by atoms with Gasteiger partial charge in [0.25, 0.3) is 0 Å². The van der Waals surface area contributed by atoms with Gasteiger partial charge in [-0.2, -0.15) is 5.10 Å². The maximum atomic E-state index is 15.9. The van der Waals surface area contributed by atoms with Gasteiger partial charge in [-0.1, -0.05) is 54.6 Å². The lowest BCUT2D eigenvalue weighted by Gasteiger charge is -2.18. The van der Waals surface area contributed by atoms with Crippen LogP contribution in [0.3, 0.4) is 0 Å². The molecule has 14 heteroatoms. The smallest absolute Gasteiger partial charge is 0.306 e. The van der Waals surface area contributed by atoms with E-state index in [1.165, 1.54) is 30.6 Å². The second kappa shape index (κ2) is 14.7. The number of ether oxygens (including phenoxy) is 2. The average Bonchev–Trinajstić information content (AvgIpc) is 3.76. The zero-order valence-electron chi connectivity index (χ0n) is 28.5. The zero-order valence-corrected chi connectivity index (χ0v) is 30.1. The Kier molecular flexibility index (Phi) is 10.3. The lowest BCUT2D eigenvalue weighted by atomic mass is 10.0. The molecule has 4 aromatic carbocycles. The molecule has 2 aromatic heterocycles. The first-order valence-corrected chi connectivity index (χ1v) is 19.8. The molecule has 0 radical (unpaired) electrons. The van der Waals surface area contributed by atoms with E-state index < -0.39 is 47.9 Å². The first-order chi connectivity index (χ1) is 24.8. The maximum absolute atomic E-state index is 15.9. The largest absolute Gasteiger partial charge is 0.466 e. The molecule has 1 atom stereocenters. The number of carbonyl (C=O) groups is 1. The fourth-order valence-electron chi connectivity index (χ4n) is 6.08. The number of aromatic nitrogens is 3. The lowest BCUT2D eigenvalue weighted by Crippen LogP contribution is -2.14. The van der Waals surface area contributed by atoms with Crippen LogP contribution in [0.25, 0.3) is 22.2 Å². The zero-order chi connectivity index (χ0) is 37.2. The normalized spacial score (nSPS) is 12.6. The third-order valence-corrected chi connectivity index (χ3v) is 11.3. The standard InChI is InChI=1S/C38H35F2N3O7S2/c1-4-49-36(44)16-13-26-11-8-12-28(21-26)25(2)43-34(17-19-41-43)31-22-29(14-15-32(31)39)50-37-33(40)23-35-30(38(37)51(3,45)46)18-20-42(35)52(47,48)24-27-9-6-5-7-10-27/h5-12,14-15,17-23,25H,4,13,16,24H2,1-3H3. The van der Waals surface area contributed by atoms with Gasteiger partial charge in [-0.15, -0.1) is 0 Å². The van der Waals surface area contributed by atoms with Gasteiger partial charge in [-0.25, -0.2) is 29.6 Å². The summed E-state index contributed by atoms with van der Waals surface area (Å²) in [4.78, 5) is 11.3. The number of esters is 1. The minimum Gasteiger partial charge on any atom is -0.466 e. The summed E-state index contributed by atoms with van der Waals surface area (Å²) in [5, 5.41) is 4.38. The Morgan fingerprint density at radius 3 is 2.37 bits per heavy atom. The number of nitrogens with zero attached hydrogens (tertiary/aromatic N) is 3. The molecule has 0 spiro atoms. The molecule has 270 valence electrons. The summed E-state index contributed by atoms with van der Waals surface area (Å²) in [7, 11) is -8.29. The molecule has 1 unspecified atom stereocenters. The molecule has 2 heterocycles. The van der Waals surface area contributed by atoms with Crippen LogP contribution < -0.4 is 4.74 Å². The Hall–Kier alpha value is -5.34. The van der Waals surface area contributed by atoms with Gasteiger partial charge in [-0.3, -0.25) is 9.48 Å². The predicted octanol–water partition coefficient (Wildman–Crippen LogP) is 7.46. The van der Waals surface area contributed by atoms with Crippen molar-refractivity contribution >= 4 is 36.7 Å². The second-order valence-electron chi connectivity index (χ2n) is 12.2. The molecule has 0 aliphatic carbocycles. The lowest BCUT2D eigenvalue weighted by molar-refractivity contribution is -0.143. The monoisotopic (exact) mass is 747 g/mol. The number of hydrogen-bond donors (Lipinski definition) is 0. The topological polar surface area (TPSA) is 127 Å². The molecule has 10 nitrogen and oxygen atoms in total. The molecule has 0 saturated heterocycles. The van der Waals surface area contributed by atoms with Crippen molar-refractivity contribution in [2.75, 3.05) is 12.9 Å². The number of benzene rings is 4. The fraction of sp³-hybridized carbons (Fsp3) is 0.211. The number of halogens is 2. The Bertz CT molecular complexity index is 2500. The number of carbonyl (C=O) groups excluding carboxylic acids is 1. The molecule has 0 aliphatic heterocycles. The van der Waals surface area contributed by atoms with Crippen molar-refractivity contribution in [2.24, 2.45) is 0 Å². The predicted molar refractivity (Wildman–Crippen MR) is 192 cm³/mol. The van der Waals surface area contributed by atoms with Gasteiger partial charge in [0.1, 0.15) is 16.5 Å². The van der Waals surface area contributed by atoms with Crippen LogP contribution in [0.5, 0.6) is 11.5 Å². The molecule has 0 amide bonds. The Morgan fingerprint density at radius 1 is 0.885 bits per heavy atom. The van der Waals surface area contributed by atoms with Crippen LogP contribution in [0.2, 0.25) is 0 Å². The summed E-state index contributed by atoms with van der Waals surface area (Å²) in [5.74, 6) is -3.19. The fourth-order valence-corrected chi connectivity index (χ4v) is 8.58. The number of fused-ring (bicyclic) bond motifs is 1. The van der Waals surface area contributed by atoms with Crippen LogP contribution in [-0.4, -0.2) is 49.4 Å².